The van der Waals surface area contributed by atoms with E-state index in [0.29, 0.717) is 0 Å². The van der Waals surface area contributed by atoms with Crippen molar-refractivity contribution >= 4 is 10.9 Å². The number of rotatable bonds is 1. The lowest BCUT2D eigenvalue weighted by molar-refractivity contribution is 1.22. The zero-order valence-corrected chi connectivity index (χ0v) is 8.83. The summed E-state index contributed by atoms with van der Waals surface area (Å²) in [6, 6.07) is 10.3. The maximum absolute atomic E-state index is 3.12. The van der Waals surface area contributed by atoms with Crippen molar-refractivity contribution < 1.29 is 0 Å². The standard InChI is InChI=1S/C8H7N.C5H10/c1-2-4-8-7(3-1)5-6-9-8;1-3-5-4-2/h1-6,9H;3,5H,4H2,1-2H3. The molecule has 1 N–H and O–H groups in total. The molecule has 0 radical (unpaired) electrons. The summed E-state index contributed by atoms with van der Waals surface area (Å²) in [5.74, 6) is 0. The molecule has 0 spiro atoms. The summed E-state index contributed by atoms with van der Waals surface area (Å²) >= 11 is 0. The Morgan fingerprint density at radius 3 is 2.57 bits per heavy atom. The second-order valence-electron chi connectivity index (χ2n) is 3.04. The highest BCUT2D eigenvalue weighted by Crippen LogP contribution is 2.09. The number of allylic oxidation sites excluding steroid dienone is 2. The minimum Gasteiger partial charge on any atom is -0.361 e. The quantitative estimate of drug-likeness (QED) is 0.646. The first-order chi connectivity index (χ1) is 6.88. The molecule has 1 heterocycles. The zero-order chi connectivity index (χ0) is 10.2. The van der Waals surface area contributed by atoms with Crippen LogP contribution in [0.4, 0.5) is 0 Å². The fourth-order valence-corrected chi connectivity index (χ4v) is 1.23. The lowest BCUT2D eigenvalue weighted by Crippen LogP contribution is -1.61. The second kappa shape index (κ2) is 6.03. The molecule has 0 unspecified atom stereocenters. The maximum atomic E-state index is 3.12. The van der Waals surface area contributed by atoms with Gasteiger partial charge in [-0.15, -0.1) is 0 Å². The van der Waals surface area contributed by atoms with Crippen molar-refractivity contribution in [1.82, 2.24) is 4.98 Å². The first-order valence-electron chi connectivity index (χ1n) is 5.01. The summed E-state index contributed by atoms with van der Waals surface area (Å²) < 4.78 is 0. The van der Waals surface area contributed by atoms with E-state index >= 15 is 0 Å². The Morgan fingerprint density at radius 2 is 2.00 bits per heavy atom. The van der Waals surface area contributed by atoms with Gasteiger partial charge in [0.15, 0.2) is 0 Å². The van der Waals surface area contributed by atoms with Gasteiger partial charge in [-0.05, 0) is 30.9 Å². The molecule has 0 amide bonds. The number of hydrogen-bond donors (Lipinski definition) is 1. The fraction of sp³-hybridized carbons (Fsp3) is 0.231. The van der Waals surface area contributed by atoms with Crippen LogP contribution in [0.15, 0.2) is 48.7 Å². The minimum absolute atomic E-state index is 1.16. The Kier molecular flexibility index (Phi) is 4.56. The van der Waals surface area contributed by atoms with E-state index in [1.807, 2.05) is 25.3 Å². The topological polar surface area (TPSA) is 15.8 Å². The zero-order valence-electron chi connectivity index (χ0n) is 8.83. The molecule has 0 fully saturated rings. The summed E-state index contributed by atoms with van der Waals surface area (Å²) in [5.41, 5.74) is 1.21. The molecule has 0 atom stereocenters. The largest absolute Gasteiger partial charge is 0.361 e. The third-order valence-electron chi connectivity index (χ3n) is 1.93. The number of benzene rings is 1. The van der Waals surface area contributed by atoms with E-state index in [-0.39, 0.29) is 0 Å². The van der Waals surface area contributed by atoms with Crippen LogP contribution in [0.3, 0.4) is 0 Å². The second-order valence-corrected chi connectivity index (χ2v) is 3.04. The molecule has 0 saturated heterocycles. The predicted molar refractivity (Wildman–Crippen MR) is 63.4 cm³/mol. The first-order valence-corrected chi connectivity index (χ1v) is 5.01. The van der Waals surface area contributed by atoms with Crippen molar-refractivity contribution in [3.05, 3.63) is 48.7 Å². The minimum atomic E-state index is 1.16. The van der Waals surface area contributed by atoms with E-state index in [1.54, 1.807) is 0 Å². The number of H-pyrrole nitrogens is 1. The summed E-state index contributed by atoms with van der Waals surface area (Å²) in [6.45, 7) is 4.16. The van der Waals surface area contributed by atoms with Gasteiger partial charge in [0, 0.05) is 11.7 Å². The third kappa shape index (κ3) is 3.09. The normalized spacial score (nSPS) is 10.1. The third-order valence-corrected chi connectivity index (χ3v) is 1.93. The Labute approximate surface area is 85.5 Å². The van der Waals surface area contributed by atoms with Gasteiger partial charge in [-0.3, -0.25) is 0 Å². The van der Waals surface area contributed by atoms with Crippen molar-refractivity contribution in [2.75, 3.05) is 0 Å². The van der Waals surface area contributed by atoms with Gasteiger partial charge in [0.1, 0.15) is 0 Å². The van der Waals surface area contributed by atoms with Gasteiger partial charge < -0.3 is 4.98 Å². The van der Waals surface area contributed by atoms with Gasteiger partial charge in [0.05, 0.1) is 0 Å². The molecule has 74 valence electrons. The van der Waals surface area contributed by atoms with Crippen molar-refractivity contribution in [1.29, 1.82) is 0 Å². The highest BCUT2D eigenvalue weighted by atomic mass is 14.6. The van der Waals surface area contributed by atoms with Gasteiger partial charge in [-0.2, -0.15) is 0 Å². The van der Waals surface area contributed by atoms with Crippen molar-refractivity contribution in [3.8, 4) is 0 Å². The van der Waals surface area contributed by atoms with E-state index in [2.05, 4.69) is 42.3 Å². The number of aromatic amines is 1. The van der Waals surface area contributed by atoms with Gasteiger partial charge in [-0.1, -0.05) is 37.3 Å². The van der Waals surface area contributed by atoms with Gasteiger partial charge in [-0.25, -0.2) is 0 Å². The average Bonchev–Trinajstić information content (AvgIpc) is 2.67. The predicted octanol–water partition coefficient (Wildman–Crippen LogP) is 4.14. The molecule has 0 aliphatic heterocycles. The average molecular weight is 187 g/mol. The number of hydrogen-bond acceptors (Lipinski definition) is 0. The van der Waals surface area contributed by atoms with E-state index in [1.165, 1.54) is 10.9 Å². The van der Waals surface area contributed by atoms with Crippen LogP contribution in [0.25, 0.3) is 10.9 Å². The van der Waals surface area contributed by atoms with Crippen LogP contribution in [0, 0.1) is 0 Å². The molecule has 14 heavy (non-hydrogen) atoms. The molecule has 0 aliphatic rings. The molecule has 1 aromatic carbocycles. The first kappa shape index (κ1) is 10.6. The highest BCUT2D eigenvalue weighted by Gasteiger charge is 1.86. The maximum Gasteiger partial charge on any atom is 0.0453 e. The molecular formula is C13H17N. The summed E-state index contributed by atoms with van der Waals surface area (Å²) in [5, 5.41) is 1.28. The number of para-hydroxylation sites is 1. The molecule has 1 aromatic heterocycles. The molecule has 2 rings (SSSR count). The van der Waals surface area contributed by atoms with Crippen molar-refractivity contribution in [2.24, 2.45) is 0 Å². The van der Waals surface area contributed by atoms with Crippen LogP contribution in [-0.4, -0.2) is 4.98 Å². The van der Waals surface area contributed by atoms with E-state index in [4.69, 9.17) is 0 Å². The Morgan fingerprint density at radius 1 is 1.21 bits per heavy atom. The van der Waals surface area contributed by atoms with Crippen LogP contribution >= 0.6 is 0 Å². The smallest absolute Gasteiger partial charge is 0.0453 e. The molecule has 2 aromatic rings. The van der Waals surface area contributed by atoms with E-state index in [9.17, 15) is 0 Å². The van der Waals surface area contributed by atoms with Crippen LogP contribution in [0.2, 0.25) is 0 Å². The number of nitrogens with one attached hydrogen (secondary N) is 1. The van der Waals surface area contributed by atoms with E-state index < -0.39 is 0 Å². The molecule has 1 nitrogen and oxygen atoms in total. The number of fused-ring (bicyclic) bond motifs is 1. The molecule has 0 aliphatic carbocycles. The van der Waals surface area contributed by atoms with Crippen LogP contribution in [0.5, 0.6) is 0 Å². The van der Waals surface area contributed by atoms with Gasteiger partial charge in [0.2, 0.25) is 0 Å². The lowest BCUT2D eigenvalue weighted by atomic mass is 10.3. The molecule has 1 heteroatoms. The Balaban J connectivity index is 0.000000171. The van der Waals surface area contributed by atoms with Gasteiger partial charge in [0.25, 0.3) is 0 Å². The Hall–Kier alpha value is -1.50. The van der Waals surface area contributed by atoms with Crippen LogP contribution in [0.1, 0.15) is 20.3 Å². The van der Waals surface area contributed by atoms with Crippen molar-refractivity contribution in [2.45, 2.75) is 20.3 Å². The Bertz CT molecular complexity index is 355. The van der Waals surface area contributed by atoms with Crippen molar-refractivity contribution in [3.63, 3.8) is 0 Å². The highest BCUT2D eigenvalue weighted by molar-refractivity contribution is 5.78. The van der Waals surface area contributed by atoms with Crippen LogP contribution in [-0.2, 0) is 0 Å². The number of aromatic nitrogens is 1. The molecule has 0 saturated carbocycles. The van der Waals surface area contributed by atoms with Gasteiger partial charge >= 0.3 is 0 Å². The molecule has 0 bridgehead atoms. The monoisotopic (exact) mass is 187 g/mol. The SMILES string of the molecule is CC=CCC.c1ccc2[nH]ccc2c1. The fourth-order valence-electron chi connectivity index (χ4n) is 1.23. The summed E-state index contributed by atoms with van der Waals surface area (Å²) in [7, 11) is 0. The van der Waals surface area contributed by atoms with E-state index in [0.717, 1.165) is 6.42 Å². The summed E-state index contributed by atoms with van der Waals surface area (Å²) in [6.07, 6.45) is 7.29. The lowest BCUT2D eigenvalue weighted by Gasteiger charge is -1.83. The molecular weight excluding hydrogens is 170 g/mol. The van der Waals surface area contributed by atoms with Crippen LogP contribution < -0.4 is 0 Å². The summed E-state index contributed by atoms with van der Waals surface area (Å²) in [4.78, 5) is 3.12.